The van der Waals surface area contributed by atoms with Crippen molar-refractivity contribution in [1.29, 1.82) is 0 Å². The number of carbonyl (C=O) groups excluding carboxylic acids is 1. The molecule has 0 fully saturated rings. The Hall–Kier alpha value is -3.13. The molecule has 0 aliphatic heterocycles. The maximum absolute atomic E-state index is 11.0. The Morgan fingerprint density at radius 3 is 3.00 bits per heavy atom. The fourth-order valence-electron chi connectivity index (χ4n) is 2.86. The Kier molecular flexibility index (Phi) is 6.66. The van der Waals surface area contributed by atoms with Crippen LogP contribution in [0.5, 0.6) is 5.75 Å². The summed E-state index contributed by atoms with van der Waals surface area (Å²) in [6, 6.07) is 6.93. The summed E-state index contributed by atoms with van der Waals surface area (Å²) in [6.45, 7) is 2.12. The van der Waals surface area contributed by atoms with Gasteiger partial charge in [0.15, 0.2) is 5.16 Å². The second-order valence-corrected chi connectivity index (χ2v) is 7.21. The van der Waals surface area contributed by atoms with Gasteiger partial charge in [-0.1, -0.05) is 49.1 Å². The SMILES string of the molecule is CCC1(N=Cc2cnc(SC)nc2Nc2cccc(OC(N)=O)c2)C=CC=CC1. The summed E-state index contributed by atoms with van der Waals surface area (Å²) < 4.78 is 4.94. The summed E-state index contributed by atoms with van der Waals surface area (Å²) in [5.41, 5.74) is 6.31. The minimum atomic E-state index is -0.860. The number of rotatable bonds is 7. The van der Waals surface area contributed by atoms with Crippen LogP contribution in [-0.2, 0) is 0 Å². The second-order valence-electron chi connectivity index (χ2n) is 6.44. The van der Waals surface area contributed by atoms with Gasteiger partial charge in [0.05, 0.1) is 11.1 Å². The van der Waals surface area contributed by atoms with E-state index in [4.69, 9.17) is 15.5 Å². The van der Waals surface area contributed by atoms with Crippen molar-refractivity contribution in [2.45, 2.75) is 30.5 Å². The number of nitrogens with one attached hydrogen (secondary N) is 1. The van der Waals surface area contributed by atoms with Gasteiger partial charge < -0.3 is 15.8 Å². The largest absolute Gasteiger partial charge is 0.410 e. The van der Waals surface area contributed by atoms with Gasteiger partial charge in [0.2, 0.25) is 0 Å². The molecule has 1 atom stereocenters. The number of aromatic nitrogens is 2. The van der Waals surface area contributed by atoms with Crippen LogP contribution in [0.15, 0.2) is 64.9 Å². The van der Waals surface area contributed by atoms with E-state index in [9.17, 15) is 4.79 Å². The van der Waals surface area contributed by atoms with Crippen LogP contribution in [0.4, 0.5) is 16.3 Å². The topological polar surface area (TPSA) is 102 Å². The summed E-state index contributed by atoms with van der Waals surface area (Å²) in [4.78, 5) is 24.8. The van der Waals surface area contributed by atoms with Crippen LogP contribution in [0, 0.1) is 0 Å². The summed E-state index contributed by atoms with van der Waals surface area (Å²) in [5, 5.41) is 3.90. The number of nitrogens with two attached hydrogens (primary N) is 1. The molecular formula is C21H23N5O2S. The summed E-state index contributed by atoms with van der Waals surface area (Å²) in [6.07, 6.45) is 14.7. The molecule has 3 rings (SSSR count). The zero-order valence-electron chi connectivity index (χ0n) is 16.3. The van der Waals surface area contributed by atoms with Crippen molar-refractivity contribution in [2.24, 2.45) is 10.7 Å². The van der Waals surface area contributed by atoms with E-state index in [1.54, 1.807) is 24.4 Å². The number of ether oxygens (including phenoxy) is 1. The molecule has 2 aromatic rings. The lowest BCUT2D eigenvalue weighted by Gasteiger charge is -2.25. The molecule has 1 unspecified atom stereocenters. The van der Waals surface area contributed by atoms with Crippen LogP contribution in [0.1, 0.15) is 25.3 Å². The van der Waals surface area contributed by atoms with Gasteiger partial charge in [-0.15, -0.1) is 0 Å². The molecule has 1 aromatic heterocycles. The first-order valence-electron chi connectivity index (χ1n) is 9.18. The van der Waals surface area contributed by atoms with Crippen LogP contribution in [-0.4, -0.2) is 34.1 Å². The summed E-state index contributed by atoms with van der Waals surface area (Å²) in [7, 11) is 0. The minimum Gasteiger partial charge on any atom is -0.410 e. The lowest BCUT2D eigenvalue weighted by Crippen LogP contribution is -2.23. The van der Waals surface area contributed by atoms with Crippen LogP contribution in [0.25, 0.3) is 0 Å². The molecule has 150 valence electrons. The Morgan fingerprint density at radius 2 is 2.31 bits per heavy atom. The number of carbonyl (C=O) groups is 1. The number of hydrogen-bond donors (Lipinski definition) is 2. The number of anilines is 2. The highest BCUT2D eigenvalue weighted by Gasteiger charge is 2.23. The normalized spacial score (nSPS) is 18.1. The first kappa shape index (κ1) is 20.6. The van der Waals surface area contributed by atoms with Crippen LogP contribution >= 0.6 is 11.8 Å². The van der Waals surface area contributed by atoms with Crippen molar-refractivity contribution in [1.82, 2.24) is 9.97 Å². The van der Waals surface area contributed by atoms with Gasteiger partial charge in [0.25, 0.3) is 0 Å². The van der Waals surface area contributed by atoms with Gasteiger partial charge in [-0.05, 0) is 31.2 Å². The maximum Gasteiger partial charge on any atom is 0.409 e. The van der Waals surface area contributed by atoms with E-state index in [0.29, 0.717) is 22.4 Å². The molecule has 1 aromatic carbocycles. The molecule has 8 heteroatoms. The van der Waals surface area contributed by atoms with Gasteiger partial charge in [-0.2, -0.15) is 0 Å². The lowest BCUT2D eigenvalue weighted by atomic mass is 9.89. The third kappa shape index (κ3) is 5.45. The molecular weight excluding hydrogens is 386 g/mol. The van der Waals surface area contributed by atoms with E-state index in [2.05, 4.69) is 34.4 Å². The third-order valence-electron chi connectivity index (χ3n) is 4.49. The van der Waals surface area contributed by atoms with Gasteiger partial charge >= 0.3 is 6.09 Å². The number of nitrogens with zero attached hydrogens (tertiary/aromatic N) is 3. The Labute approximate surface area is 174 Å². The number of benzene rings is 1. The molecule has 0 radical (unpaired) electrons. The first-order chi connectivity index (χ1) is 14.0. The predicted octanol–water partition coefficient (Wildman–Crippen LogP) is 4.48. The van der Waals surface area contributed by atoms with Crippen molar-refractivity contribution in [2.75, 3.05) is 11.6 Å². The van der Waals surface area contributed by atoms with Crippen LogP contribution in [0.3, 0.4) is 0 Å². The Morgan fingerprint density at radius 1 is 1.45 bits per heavy atom. The molecule has 1 aliphatic rings. The highest BCUT2D eigenvalue weighted by atomic mass is 32.2. The fraction of sp³-hybridized carbons (Fsp3) is 0.238. The molecule has 1 amide bonds. The van der Waals surface area contributed by atoms with Gasteiger partial charge in [-0.3, -0.25) is 4.99 Å². The Balaban J connectivity index is 1.90. The van der Waals surface area contributed by atoms with E-state index < -0.39 is 6.09 Å². The maximum atomic E-state index is 11.0. The molecule has 0 bridgehead atoms. The highest BCUT2D eigenvalue weighted by Crippen LogP contribution is 2.28. The Bertz CT molecular complexity index is 973. The third-order valence-corrected chi connectivity index (χ3v) is 5.05. The highest BCUT2D eigenvalue weighted by molar-refractivity contribution is 7.98. The first-order valence-corrected chi connectivity index (χ1v) is 10.4. The van der Waals surface area contributed by atoms with Crippen molar-refractivity contribution < 1.29 is 9.53 Å². The molecule has 0 saturated carbocycles. The number of primary amides is 1. The lowest BCUT2D eigenvalue weighted by molar-refractivity contribution is 0.211. The molecule has 0 spiro atoms. The minimum absolute atomic E-state index is 0.251. The number of amides is 1. The van der Waals surface area contributed by atoms with Crippen LogP contribution < -0.4 is 15.8 Å². The summed E-state index contributed by atoms with van der Waals surface area (Å²) >= 11 is 1.45. The summed E-state index contributed by atoms with van der Waals surface area (Å²) in [5.74, 6) is 0.965. The van der Waals surface area contributed by atoms with Gasteiger partial charge in [0.1, 0.15) is 11.6 Å². The quantitative estimate of drug-likeness (QED) is 0.397. The van der Waals surface area contributed by atoms with E-state index >= 15 is 0 Å². The average molecular weight is 410 g/mol. The van der Waals surface area contributed by atoms with E-state index in [1.165, 1.54) is 11.8 Å². The van der Waals surface area contributed by atoms with E-state index in [0.717, 1.165) is 18.4 Å². The van der Waals surface area contributed by atoms with Crippen molar-refractivity contribution >= 4 is 35.6 Å². The second kappa shape index (κ2) is 9.38. The number of hydrogen-bond acceptors (Lipinski definition) is 7. The zero-order valence-corrected chi connectivity index (χ0v) is 17.1. The monoisotopic (exact) mass is 409 g/mol. The zero-order chi connectivity index (χ0) is 20.7. The van der Waals surface area contributed by atoms with Gasteiger partial charge in [-0.25, -0.2) is 14.8 Å². The van der Waals surface area contributed by atoms with E-state index in [1.807, 2.05) is 30.7 Å². The molecule has 0 saturated heterocycles. The fourth-order valence-corrected chi connectivity index (χ4v) is 3.20. The van der Waals surface area contributed by atoms with E-state index in [-0.39, 0.29) is 5.54 Å². The van der Waals surface area contributed by atoms with Crippen molar-refractivity contribution in [3.8, 4) is 5.75 Å². The standard InChI is InChI=1S/C21H23N5O2S/c1-3-21(10-5-4-6-11-21)24-14-15-13-23-20(29-2)26-18(15)25-16-8-7-9-17(12-16)28-19(22)27/h4-10,12-14H,3,11H2,1-2H3,(H2,22,27)(H,23,25,26). The van der Waals surface area contributed by atoms with Gasteiger partial charge in [0, 0.05) is 24.2 Å². The van der Waals surface area contributed by atoms with Crippen molar-refractivity contribution in [3.63, 3.8) is 0 Å². The molecule has 29 heavy (non-hydrogen) atoms. The molecule has 1 aliphatic carbocycles. The molecule has 1 heterocycles. The van der Waals surface area contributed by atoms with Crippen molar-refractivity contribution in [3.05, 3.63) is 60.3 Å². The smallest absolute Gasteiger partial charge is 0.409 e. The number of thioether (sulfide) groups is 1. The van der Waals surface area contributed by atoms with Crippen LogP contribution in [0.2, 0.25) is 0 Å². The average Bonchev–Trinajstić information content (AvgIpc) is 2.73. The number of aliphatic imine (C=N–C) groups is 1. The predicted molar refractivity (Wildman–Crippen MR) is 117 cm³/mol. The molecule has 7 nitrogen and oxygen atoms in total. The molecule has 3 N–H and O–H groups in total. The number of allylic oxidation sites excluding steroid dienone is 2.